The van der Waals surface area contributed by atoms with E-state index < -0.39 is 5.41 Å². The largest absolute Gasteiger partial charge is 0.497 e. The first-order valence-electron chi connectivity index (χ1n) is 14.9. The van der Waals surface area contributed by atoms with Crippen LogP contribution in [0.5, 0.6) is 11.5 Å². The van der Waals surface area contributed by atoms with Gasteiger partial charge in [0.25, 0.3) is 0 Å². The molecular formula is C35H40N4O3. The molecular weight excluding hydrogens is 524 g/mol. The third kappa shape index (κ3) is 5.41. The number of fused-ring (bicyclic) bond motifs is 2. The Balaban J connectivity index is 1.46. The smallest absolute Gasteiger partial charge is 0.238 e. The molecule has 2 aliphatic heterocycles. The Hall–Kier alpha value is -4.10. The number of rotatable bonds is 9. The van der Waals surface area contributed by atoms with Gasteiger partial charge in [-0.05, 0) is 93.3 Å². The second-order valence-corrected chi connectivity index (χ2v) is 11.9. The molecule has 0 bridgehead atoms. The van der Waals surface area contributed by atoms with E-state index in [0.717, 1.165) is 90.5 Å². The number of likely N-dealkylation sites (tertiary alicyclic amines) is 1. The Bertz CT molecular complexity index is 1490. The van der Waals surface area contributed by atoms with Gasteiger partial charge in [-0.3, -0.25) is 4.79 Å². The zero-order valence-electron chi connectivity index (χ0n) is 24.8. The SMILES string of the molecule is COc1ccc(CN2C(=O)C3(CCC3)c3cc(/C(=C/C(C)=N)Nc4ccccc4)cc(OC4CCN(C)CC4)c32)cc1. The fourth-order valence-corrected chi connectivity index (χ4v) is 6.42. The third-order valence-corrected chi connectivity index (χ3v) is 8.91. The lowest BCUT2D eigenvalue weighted by Crippen LogP contribution is -2.44. The van der Waals surface area contributed by atoms with E-state index in [1.54, 1.807) is 14.0 Å². The molecule has 2 heterocycles. The second-order valence-electron chi connectivity index (χ2n) is 11.9. The van der Waals surface area contributed by atoms with Crippen LogP contribution in [0, 0.1) is 5.41 Å². The number of allylic oxidation sites excluding steroid dienone is 1. The summed E-state index contributed by atoms with van der Waals surface area (Å²) in [4.78, 5) is 18.6. The molecule has 1 amide bonds. The van der Waals surface area contributed by atoms with Gasteiger partial charge in [0.2, 0.25) is 5.91 Å². The lowest BCUT2D eigenvalue weighted by atomic mass is 9.65. The molecule has 0 atom stereocenters. The molecule has 3 aromatic rings. The van der Waals surface area contributed by atoms with E-state index in [2.05, 4.69) is 29.4 Å². The van der Waals surface area contributed by atoms with E-state index in [9.17, 15) is 4.79 Å². The zero-order valence-corrected chi connectivity index (χ0v) is 24.8. The Morgan fingerprint density at radius 2 is 1.79 bits per heavy atom. The molecule has 2 fully saturated rings. The number of nitrogens with one attached hydrogen (secondary N) is 2. The lowest BCUT2D eigenvalue weighted by Gasteiger charge is -2.37. The number of piperidine rings is 1. The normalized spacial score (nSPS) is 18.5. The van der Waals surface area contributed by atoms with Gasteiger partial charge in [-0.2, -0.15) is 0 Å². The summed E-state index contributed by atoms with van der Waals surface area (Å²) >= 11 is 0. The number of methoxy groups -OCH3 is 1. The van der Waals surface area contributed by atoms with Crippen LogP contribution in [0.1, 0.15) is 55.7 Å². The number of carbonyl (C=O) groups is 1. The van der Waals surface area contributed by atoms with Crippen molar-refractivity contribution in [2.45, 2.75) is 57.1 Å². The van der Waals surface area contributed by atoms with E-state index >= 15 is 0 Å². The molecule has 1 saturated heterocycles. The maximum atomic E-state index is 14.3. The van der Waals surface area contributed by atoms with Crippen LogP contribution in [0.2, 0.25) is 0 Å². The highest BCUT2D eigenvalue weighted by Gasteiger charge is 2.55. The number of nitrogens with zero attached hydrogens (tertiary/aromatic N) is 2. The summed E-state index contributed by atoms with van der Waals surface area (Å²) in [5.41, 5.74) is 5.62. The number of amides is 1. The summed E-state index contributed by atoms with van der Waals surface area (Å²) in [5.74, 6) is 1.71. The predicted molar refractivity (Wildman–Crippen MR) is 169 cm³/mol. The van der Waals surface area contributed by atoms with Crippen molar-refractivity contribution in [2.24, 2.45) is 0 Å². The van der Waals surface area contributed by atoms with Crippen molar-refractivity contribution in [2.75, 3.05) is 37.5 Å². The number of ether oxygens (including phenoxy) is 2. The van der Waals surface area contributed by atoms with Crippen molar-refractivity contribution in [3.63, 3.8) is 0 Å². The molecule has 7 heteroatoms. The standard InChI is InChI=1S/C35H40N4O3/c1-24(36)20-31(37-27-8-5-4-6-9-27)26-21-30-33(32(22-26)42-29-14-18-38(2)19-15-29)39(34(40)35(30)16-7-17-35)23-25-10-12-28(41-3)13-11-25/h4-6,8-13,20-22,29,36-37H,7,14-19,23H2,1-3H3/b31-20-,36-24?. The summed E-state index contributed by atoms with van der Waals surface area (Å²) in [6, 6.07) is 22.2. The Morgan fingerprint density at radius 1 is 1.07 bits per heavy atom. The molecule has 1 spiro atoms. The molecule has 0 radical (unpaired) electrons. The average molecular weight is 565 g/mol. The first-order valence-corrected chi connectivity index (χ1v) is 14.9. The van der Waals surface area contributed by atoms with Crippen molar-refractivity contribution in [3.8, 4) is 11.5 Å². The minimum atomic E-state index is -0.527. The van der Waals surface area contributed by atoms with Gasteiger partial charge in [-0.15, -0.1) is 0 Å². The van der Waals surface area contributed by atoms with Crippen LogP contribution in [-0.2, 0) is 16.8 Å². The fraction of sp³-hybridized carbons (Fsp3) is 0.371. The summed E-state index contributed by atoms with van der Waals surface area (Å²) in [7, 11) is 3.81. The molecule has 7 nitrogen and oxygen atoms in total. The highest BCUT2D eigenvalue weighted by Crippen LogP contribution is 2.57. The quantitative estimate of drug-likeness (QED) is 0.285. The zero-order chi connectivity index (χ0) is 29.3. The highest BCUT2D eigenvalue weighted by atomic mass is 16.5. The van der Waals surface area contributed by atoms with Crippen LogP contribution in [-0.4, -0.2) is 49.9 Å². The number of para-hydroxylation sites is 1. The summed E-state index contributed by atoms with van der Waals surface area (Å²) < 4.78 is 12.2. The van der Waals surface area contributed by atoms with Gasteiger partial charge in [-0.1, -0.05) is 36.8 Å². The first kappa shape index (κ1) is 28.0. The number of hydrogen-bond donors (Lipinski definition) is 2. The van der Waals surface area contributed by atoms with E-state index in [4.69, 9.17) is 14.9 Å². The van der Waals surface area contributed by atoms with E-state index in [-0.39, 0.29) is 12.0 Å². The van der Waals surface area contributed by atoms with E-state index in [0.29, 0.717) is 12.3 Å². The van der Waals surface area contributed by atoms with Crippen molar-refractivity contribution in [1.82, 2.24) is 4.90 Å². The summed E-state index contributed by atoms with van der Waals surface area (Å²) in [5, 5.41) is 11.8. The Labute approximate surface area is 248 Å². The van der Waals surface area contributed by atoms with Gasteiger partial charge >= 0.3 is 0 Å². The van der Waals surface area contributed by atoms with Gasteiger partial charge in [0.05, 0.1) is 24.8 Å². The molecule has 1 saturated carbocycles. The van der Waals surface area contributed by atoms with Crippen molar-refractivity contribution < 1.29 is 14.3 Å². The van der Waals surface area contributed by atoms with Gasteiger partial charge < -0.3 is 30.0 Å². The van der Waals surface area contributed by atoms with Crippen LogP contribution in [0.25, 0.3) is 5.70 Å². The monoisotopic (exact) mass is 564 g/mol. The maximum absolute atomic E-state index is 14.3. The number of hydrogen-bond acceptors (Lipinski definition) is 6. The maximum Gasteiger partial charge on any atom is 0.238 e. The van der Waals surface area contributed by atoms with Gasteiger partial charge in [-0.25, -0.2) is 0 Å². The van der Waals surface area contributed by atoms with Crippen LogP contribution in [0.3, 0.4) is 0 Å². The van der Waals surface area contributed by atoms with Crippen LogP contribution in [0.4, 0.5) is 11.4 Å². The predicted octanol–water partition coefficient (Wildman–Crippen LogP) is 6.63. The second kappa shape index (κ2) is 11.6. The molecule has 6 rings (SSSR count). The summed E-state index contributed by atoms with van der Waals surface area (Å²) in [6.07, 6.45) is 6.52. The van der Waals surface area contributed by atoms with Crippen molar-refractivity contribution in [1.29, 1.82) is 5.41 Å². The first-order chi connectivity index (χ1) is 20.4. The average Bonchev–Trinajstić information content (AvgIpc) is 3.22. The number of anilines is 2. The minimum Gasteiger partial charge on any atom is -0.497 e. The molecule has 3 aromatic carbocycles. The lowest BCUT2D eigenvalue weighted by molar-refractivity contribution is -0.126. The Kier molecular flexibility index (Phi) is 7.78. The van der Waals surface area contributed by atoms with Crippen LogP contribution < -0.4 is 19.7 Å². The molecule has 218 valence electrons. The van der Waals surface area contributed by atoms with Gasteiger partial charge in [0.1, 0.15) is 17.6 Å². The molecule has 42 heavy (non-hydrogen) atoms. The van der Waals surface area contributed by atoms with E-state index in [1.807, 2.05) is 65.6 Å². The molecule has 0 aromatic heterocycles. The third-order valence-electron chi connectivity index (χ3n) is 8.91. The minimum absolute atomic E-state index is 0.0791. The number of carbonyl (C=O) groups excluding carboxylic acids is 1. The molecule has 0 unspecified atom stereocenters. The van der Waals surface area contributed by atoms with Crippen molar-refractivity contribution in [3.05, 3.63) is 89.5 Å². The summed E-state index contributed by atoms with van der Waals surface area (Å²) in [6.45, 7) is 4.23. The molecule has 2 N–H and O–H groups in total. The molecule has 3 aliphatic rings. The van der Waals surface area contributed by atoms with Crippen LogP contribution >= 0.6 is 0 Å². The van der Waals surface area contributed by atoms with Gasteiger partial charge in [0.15, 0.2) is 0 Å². The van der Waals surface area contributed by atoms with Crippen LogP contribution in [0.15, 0.2) is 72.8 Å². The fourth-order valence-electron chi connectivity index (χ4n) is 6.42. The highest BCUT2D eigenvalue weighted by molar-refractivity contribution is 6.11. The van der Waals surface area contributed by atoms with E-state index in [1.165, 1.54) is 0 Å². The Morgan fingerprint density at radius 3 is 2.40 bits per heavy atom. The van der Waals surface area contributed by atoms with Crippen molar-refractivity contribution >= 4 is 28.7 Å². The molecule has 1 aliphatic carbocycles. The topological polar surface area (TPSA) is 77.9 Å². The van der Waals surface area contributed by atoms with Gasteiger partial charge in [0, 0.05) is 35.7 Å². The number of benzene rings is 3.